The van der Waals surface area contributed by atoms with Gasteiger partial charge < -0.3 is 15.5 Å². The summed E-state index contributed by atoms with van der Waals surface area (Å²) in [4.78, 5) is 31.7. The van der Waals surface area contributed by atoms with E-state index in [9.17, 15) is 4.79 Å². The van der Waals surface area contributed by atoms with Crippen molar-refractivity contribution in [3.8, 4) is 11.4 Å². The Labute approximate surface area is 175 Å². The molecule has 4 rings (SSSR count). The van der Waals surface area contributed by atoms with Gasteiger partial charge in [-0.1, -0.05) is 12.1 Å². The van der Waals surface area contributed by atoms with E-state index in [4.69, 9.17) is 0 Å². The number of carbonyl (C=O) groups is 1. The van der Waals surface area contributed by atoms with Crippen LogP contribution in [0.4, 0.5) is 11.6 Å². The van der Waals surface area contributed by atoms with E-state index in [0.29, 0.717) is 31.3 Å². The molecule has 1 aromatic carbocycles. The minimum atomic E-state index is 0.0811. The highest BCUT2D eigenvalue weighted by atomic mass is 16.1. The Balaban J connectivity index is 1.63. The van der Waals surface area contributed by atoms with Crippen LogP contribution in [-0.2, 0) is 17.8 Å². The quantitative estimate of drug-likeness (QED) is 0.595. The molecule has 6 bridgehead atoms. The Kier molecular flexibility index (Phi) is 6.24. The zero-order valence-corrected chi connectivity index (χ0v) is 17.0. The number of hydrogen-bond donors (Lipinski definition) is 2. The maximum absolute atomic E-state index is 12.1. The van der Waals surface area contributed by atoms with E-state index in [0.717, 1.165) is 41.8 Å². The molecule has 0 saturated heterocycles. The van der Waals surface area contributed by atoms with Gasteiger partial charge >= 0.3 is 0 Å². The highest BCUT2D eigenvalue weighted by Gasteiger charge is 2.09. The van der Waals surface area contributed by atoms with Gasteiger partial charge in [-0.05, 0) is 49.2 Å². The molecule has 2 N–H and O–H groups in total. The smallest absolute Gasteiger partial charge is 0.230 e. The zero-order valence-electron chi connectivity index (χ0n) is 17.0. The molecular weight excluding hydrogens is 378 g/mol. The second-order valence-corrected chi connectivity index (χ2v) is 7.48. The monoisotopic (exact) mass is 403 g/mol. The first-order valence-electron chi connectivity index (χ1n) is 10.1. The summed E-state index contributed by atoms with van der Waals surface area (Å²) in [5.41, 5.74) is 3.98. The number of amides is 1. The molecule has 154 valence electrons. The number of anilines is 2. The van der Waals surface area contributed by atoms with Gasteiger partial charge in [0.05, 0.1) is 0 Å². The van der Waals surface area contributed by atoms with Crippen LogP contribution in [0.25, 0.3) is 11.4 Å². The molecule has 1 aliphatic heterocycles. The summed E-state index contributed by atoms with van der Waals surface area (Å²) in [6.07, 6.45) is 7.26. The molecule has 0 radical (unpaired) electrons. The Bertz CT molecular complexity index is 1020. The molecular formula is C22H25N7O. The number of nitrogens with zero attached hydrogens (tertiary/aromatic N) is 5. The van der Waals surface area contributed by atoms with Crippen molar-refractivity contribution < 1.29 is 4.79 Å². The summed E-state index contributed by atoms with van der Waals surface area (Å²) in [5.74, 6) is 1.14. The Morgan fingerprint density at radius 2 is 2.00 bits per heavy atom. The second kappa shape index (κ2) is 9.41. The summed E-state index contributed by atoms with van der Waals surface area (Å²) in [6.45, 7) is 2.10. The lowest BCUT2D eigenvalue weighted by molar-refractivity contribution is -0.121. The predicted octanol–water partition coefficient (Wildman–Crippen LogP) is 2.56. The van der Waals surface area contributed by atoms with E-state index in [1.165, 1.54) is 6.33 Å². The number of fused-ring (bicyclic) bond motifs is 7. The molecule has 3 heterocycles. The van der Waals surface area contributed by atoms with Crippen molar-refractivity contribution >= 4 is 17.5 Å². The lowest BCUT2D eigenvalue weighted by Gasteiger charge is -2.17. The Hall–Kier alpha value is -3.39. The fraction of sp³-hybridized carbons (Fsp3) is 0.318. The predicted molar refractivity (Wildman–Crippen MR) is 115 cm³/mol. The molecule has 0 unspecified atom stereocenters. The minimum absolute atomic E-state index is 0.0811. The average molecular weight is 403 g/mol. The number of hydrogen-bond acceptors (Lipinski definition) is 7. The molecule has 0 aliphatic carbocycles. The van der Waals surface area contributed by atoms with Gasteiger partial charge in [0.2, 0.25) is 11.9 Å². The van der Waals surface area contributed by atoms with E-state index in [2.05, 4.69) is 47.6 Å². The first-order valence-corrected chi connectivity index (χ1v) is 10.1. The molecule has 1 amide bonds. The van der Waals surface area contributed by atoms with Gasteiger partial charge in [-0.2, -0.15) is 4.98 Å². The molecule has 1 aliphatic rings. The summed E-state index contributed by atoms with van der Waals surface area (Å²) in [5, 5.41) is 6.27. The second-order valence-electron chi connectivity index (χ2n) is 7.48. The number of aromatic nitrogens is 4. The van der Waals surface area contributed by atoms with Crippen molar-refractivity contribution in [2.45, 2.75) is 25.8 Å². The van der Waals surface area contributed by atoms with Gasteiger partial charge in [0, 0.05) is 49.7 Å². The third-order valence-corrected chi connectivity index (χ3v) is 4.95. The first-order chi connectivity index (χ1) is 14.7. The van der Waals surface area contributed by atoms with Crippen molar-refractivity contribution in [2.24, 2.45) is 0 Å². The van der Waals surface area contributed by atoms with Gasteiger partial charge in [-0.3, -0.25) is 9.78 Å². The summed E-state index contributed by atoms with van der Waals surface area (Å²) in [7, 11) is 2.02. The largest absolute Gasteiger partial charge is 0.356 e. The number of benzene rings is 1. The van der Waals surface area contributed by atoms with Gasteiger partial charge in [0.15, 0.2) is 5.82 Å². The molecule has 2 aromatic heterocycles. The van der Waals surface area contributed by atoms with Crippen LogP contribution in [-0.4, -0.2) is 50.9 Å². The average Bonchev–Trinajstić information content (AvgIpc) is 2.75. The van der Waals surface area contributed by atoms with Crippen LogP contribution >= 0.6 is 0 Å². The third kappa shape index (κ3) is 5.36. The van der Waals surface area contributed by atoms with Crippen molar-refractivity contribution in [3.05, 3.63) is 60.2 Å². The van der Waals surface area contributed by atoms with Crippen LogP contribution < -0.4 is 10.6 Å². The van der Waals surface area contributed by atoms with E-state index in [1.54, 1.807) is 6.20 Å². The summed E-state index contributed by atoms with van der Waals surface area (Å²) < 4.78 is 0. The molecule has 0 spiro atoms. The first kappa shape index (κ1) is 19.9. The van der Waals surface area contributed by atoms with Crippen LogP contribution in [0.5, 0.6) is 0 Å². The third-order valence-electron chi connectivity index (χ3n) is 4.95. The van der Waals surface area contributed by atoms with E-state index >= 15 is 0 Å². The summed E-state index contributed by atoms with van der Waals surface area (Å²) >= 11 is 0. The summed E-state index contributed by atoms with van der Waals surface area (Å²) in [6, 6.07) is 10.1. The Morgan fingerprint density at radius 1 is 1.07 bits per heavy atom. The number of nitrogens with one attached hydrogen (secondary N) is 2. The van der Waals surface area contributed by atoms with Crippen LogP contribution in [0, 0.1) is 0 Å². The Morgan fingerprint density at radius 3 is 2.93 bits per heavy atom. The van der Waals surface area contributed by atoms with E-state index in [1.807, 2.05) is 31.4 Å². The molecule has 8 heteroatoms. The van der Waals surface area contributed by atoms with Gasteiger partial charge in [0.1, 0.15) is 6.33 Å². The van der Waals surface area contributed by atoms with Crippen molar-refractivity contribution in [1.82, 2.24) is 30.2 Å². The lowest BCUT2D eigenvalue weighted by atomic mass is 10.1. The minimum Gasteiger partial charge on any atom is -0.356 e. The topological polar surface area (TPSA) is 95.9 Å². The molecule has 0 saturated carbocycles. The van der Waals surface area contributed by atoms with Crippen molar-refractivity contribution in [1.29, 1.82) is 0 Å². The molecule has 30 heavy (non-hydrogen) atoms. The van der Waals surface area contributed by atoms with Gasteiger partial charge in [0.25, 0.3) is 0 Å². The van der Waals surface area contributed by atoms with Crippen LogP contribution in [0.3, 0.4) is 0 Å². The van der Waals surface area contributed by atoms with Crippen LogP contribution in [0.1, 0.15) is 24.0 Å². The number of aryl methyl sites for hydroxylation is 1. The molecule has 0 fully saturated rings. The van der Waals surface area contributed by atoms with Crippen LogP contribution in [0.2, 0.25) is 0 Å². The van der Waals surface area contributed by atoms with Gasteiger partial charge in [-0.25, -0.2) is 9.97 Å². The SMILES string of the molecule is CN1CCC(=O)NCCCc2cncc(c2)-c2ncnc(n2)Nc2cccc(c2)C1. The van der Waals surface area contributed by atoms with Crippen molar-refractivity contribution in [3.63, 3.8) is 0 Å². The number of pyridine rings is 1. The van der Waals surface area contributed by atoms with Crippen molar-refractivity contribution in [2.75, 3.05) is 25.5 Å². The highest BCUT2D eigenvalue weighted by molar-refractivity contribution is 5.76. The fourth-order valence-electron chi connectivity index (χ4n) is 3.41. The highest BCUT2D eigenvalue weighted by Crippen LogP contribution is 2.19. The number of carbonyl (C=O) groups excluding carboxylic acids is 1. The molecule has 8 nitrogen and oxygen atoms in total. The van der Waals surface area contributed by atoms with E-state index in [-0.39, 0.29) is 5.91 Å². The normalized spacial score (nSPS) is 15.8. The standard InChI is InChI=1S/C22H25N7O/c1-29-9-7-20(30)24-8-3-5-16-10-18(13-23-12-16)21-25-15-26-22(28-21)27-19-6-2-4-17(11-19)14-29/h2,4,6,10-13,15H,3,5,7-9,14H2,1H3,(H,24,30)(H,25,26,27,28). The van der Waals surface area contributed by atoms with Gasteiger partial charge in [-0.15, -0.1) is 0 Å². The maximum atomic E-state index is 12.1. The van der Waals surface area contributed by atoms with E-state index < -0.39 is 0 Å². The molecule has 3 aromatic rings. The fourth-order valence-corrected chi connectivity index (χ4v) is 3.41. The lowest BCUT2D eigenvalue weighted by Crippen LogP contribution is -2.29. The zero-order chi connectivity index (χ0) is 20.8. The number of rotatable bonds is 0. The molecule has 0 atom stereocenters. The maximum Gasteiger partial charge on any atom is 0.230 e. The van der Waals surface area contributed by atoms with Crippen LogP contribution in [0.15, 0.2) is 49.1 Å².